The molecule has 0 fully saturated rings. The molecule has 0 aliphatic heterocycles. The van der Waals surface area contributed by atoms with Crippen LogP contribution in [0.2, 0.25) is 0 Å². The molecule has 0 radical (unpaired) electrons. The minimum atomic E-state index is -0.909. The fourth-order valence-electron chi connectivity index (χ4n) is 2.08. The molecular weight excluding hydrogens is 265 g/mol. The van der Waals surface area contributed by atoms with Gasteiger partial charge < -0.3 is 5.11 Å². The third-order valence-corrected chi connectivity index (χ3v) is 3.13. The summed E-state index contributed by atoms with van der Waals surface area (Å²) in [4.78, 5) is 10.4. The summed E-state index contributed by atoms with van der Waals surface area (Å²) in [5, 5.41) is 25.0. The third-order valence-electron chi connectivity index (χ3n) is 3.13. The van der Waals surface area contributed by atoms with Crippen molar-refractivity contribution >= 4 is 5.69 Å². The van der Waals surface area contributed by atoms with Gasteiger partial charge in [0.2, 0.25) is 0 Å². The zero-order valence-corrected chi connectivity index (χ0v) is 11.1. The standard InChI is InChI=1S/C13H14FN3O3/c1-8-13(17(19)20)9(2)16(15-8)7-12(18)10-3-5-11(14)6-4-10/h3-6,12,18H,7H2,1-2H3. The zero-order valence-electron chi connectivity index (χ0n) is 11.1. The lowest BCUT2D eigenvalue weighted by molar-refractivity contribution is -0.386. The van der Waals surface area contributed by atoms with Crippen LogP contribution in [0.25, 0.3) is 0 Å². The molecule has 1 aromatic carbocycles. The van der Waals surface area contributed by atoms with Gasteiger partial charge in [-0.15, -0.1) is 0 Å². The number of nitrogens with zero attached hydrogens (tertiary/aromatic N) is 3. The fraction of sp³-hybridized carbons (Fsp3) is 0.308. The topological polar surface area (TPSA) is 81.2 Å². The number of benzene rings is 1. The molecule has 1 heterocycles. The molecule has 0 saturated carbocycles. The quantitative estimate of drug-likeness (QED) is 0.687. The lowest BCUT2D eigenvalue weighted by Crippen LogP contribution is -2.11. The Hall–Kier alpha value is -2.28. The number of nitro groups is 1. The van der Waals surface area contributed by atoms with Crippen molar-refractivity contribution in [3.8, 4) is 0 Å². The number of rotatable bonds is 4. The first-order valence-corrected chi connectivity index (χ1v) is 6.02. The van der Waals surface area contributed by atoms with Crippen molar-refractivity contribution in [3.05, 3.63) is 57.1 Å². The molecule has 1 N–H and O–H groups in total. The van der Waals surface area contributed by atoms with Crippen LogP contribution in [0.4, 0.5) is 10.1 Å². The number of halogens is 1. The summed E-state index contributed by atoms with van der Waals surface area (Å²) in [6.45, 7) is 3.20. The summed E-state index contributed by atoms with van der Waals surface area (Å²) >= 11 is 0. The highest BCUT2D eigenvalue weighted by Gasteiger charge is 2.23. The van der Waals surface area contributed by atoms with Crippen LogP contribution in [-0.4, -0.2) is 19.8 Å². The molecule has 7 heteroatoms. The van der Waals surface area contributed by atoms with Crippen LogP contribution in [0.3, 0.4) is 0 Å². The zero-order chi connectivity index (χ0) is 14.9. The van der Waals surface area contributed by atoms with Gasteiger partial charge in [-0.05, 0) is 31.5 Å². The SMILES string of the molecule is Cc1nn(CC(O)c2ccc(F)cc2)c(C)c1[N+](=O)[O-]. The maximum Gasteiger partial charge on any atom is 0.312 e. The van der Waals surface area contributed by atoms with Gasteiger partial charge in [0.05, 0.1) is 17.6 Å². The van der Waals surface area contributed by atoms with Crippen LogP contribution in [-0.2, 0) is 6.54 Å². The smallest absolute Gasteiger partial charge is 0.312 e. The Bertz CT molecular complexity index is 637. The first kappa shape index (κ1) is 14.1. The van der Waals surface area contributed by atoms with E-state index in [9.17, 15) is 19.6 Å². The van der Waals surface area contributed by atoms with Gasteiger partial charge in [0.1, 0.15) is 17.2 Å². The molecule has 2 rings (SSSR count). The van der Waals surface area contributed by atoms with Crippen molar-refractivity contribution in [1.29, 1.82) is 0 Å². The monoisotopic (exact) mass is 279 g/mol. The molecule has 0 aliphatic rings. The van der Waals surface area contributed by atoms with Gasteiger partial charge in [0.15, 0.2) is 0 Å². The van der Waals surface area contributed by atoms with E-state index < -0.39 is 11.0 Å². The van der Waals surface area contributed by atoms with Crippen LogP contribution in [0.1, 0.15) is 23.1 Å². The highest BCUT2D eigenvalue weighted by atomic mass is 19.1. The largest absolute Gasteiger partial charge is 0.386 e. The molecular formula is C13H14FN3O3. The van der Waals surface area contributed by atoms with Gasteiger partial charge >= 0.3 is 5.69 Å². The Morgan fingerprint density at radius 2 is 2.00 bits per heavy atom. The minimum absolute atomic E-state index is 0.0451. The third kappa shape index (κ3) is 2.67. The Labute approximate surface area is 114 Å². The van der Waals surface area contributed by atoms with Gasteiger partial charge in [-0.3, -0.25) is 14.8 Å². The van der Waals surface area contributed by atoms with E-state index in [1.165, 1.54) is 28.9 Å². The van der Waals surface area contributed by atoms with Crippen LogP contribution < -0.4 is 0 Å². The second-order valence-corrected chi connectivity index (χ2v) is 4.53. The number of aryl methyl sites for hydroxylation is 1. The highest BCUT2D eigenvalue weighted by Crippen LogP contribution is 2.24. The summed E-state index contributed by atoms with van der Waals surface area (Å²) in [6, 6.07) is 5.45. The molecule has 1 atom stereocenters. The summed E-state index contributed by atoms with van der Waals surface area (Å²) in [6.07, 6.45) is -0.909. The fourth-order valence-corrected chi connectivity index (χ4v) is 2.08. The average Bonchev–Trinajstić information content (AvgIpc) is 2.65. The minimum Gasteiger partial charge on any atom is -0.386 e. The van der Waals surface area contributed by atoms with Crippen molar-refractivity contribution in [3.63, 3.8) is 0 Å². The van der Waals surface area contributed by atoms with Crippen LogP contribution in [0, 0.1) is 29.8 Å². The van der Waals surface area contributed by atoms with E-state index in [-0.39, 0.29) is 18.0 Å². The van der Waals surface area contributed by atoms with Crippen molar-refractivity contribution < 1.29 is 14.4 Å². The van der Waals surface area contributed by atoms with E-state index in [1.54, 1.807) is 13.8 Å². The van der Waals surface area contributed by atoms with E-state index in [1.807, 2.05) is 0 Å². The number of hydrogen-bond acceptors (Lipinski definition) is 4. The second kappa shape index (κ2) is 5.38. The van der Waals surface area contributed by atoms with E-state index in [2.05, 4.69) is 5.10 Å². The van der Waals surface area contributed by atoms with E-state index in [0.717, 1.165) is 0 Å². The maximum absolute atomic E-state index is 12.8. The van der Waals surface area contributed by atoms with Gasteiger partial charge in [0.25, 0.3) is 0 Å². The lowest BCUT2D eigenvalue weighted by Gasteiger charge is -2.12. The Balaban J connectivity index is 2.24. The molecule has 6 nitrogen and oxygen atoms in total. The predicted octanol–water partition coefficient (Wildman–Crippen LogP) is 2.28. The first-order valence-electron chi connectivity index (χ1n) is 6.02. The van der Waals surface area contributed by atoms with Crippen molar-refractivity contribution in [2.75, 3.05) is 0 Å². The Morgan fingerprint density at radius 1 is 1.40 bits per heavy atom. The normalized spacial score (nSPS) is 12.4. The van der Waals surface area contributed by atoms with Crippen LogP contribution >= 0.6 is 0 Å². The Morgan fingerprint density at radius 3 is 2.50 bits per heavy atom. The van der Waals surface area contributed by atoms with Crippen LogP contribution in [0.15, 0.2) is 24.3 Å². The van der Waals surface area contributed by atoms with Crippen molar-refractivity contribution in [2.24, 2.45) is 0 Å². The number of aromatic nitrogens is 2. The van der Waals surface area contributed by atoms with Gasteiger partial charge in [-0.25, -0.2) is 4.39 Å². The number of aliphatic hydroxyl groups is 1. The van der Waals surface area contributed by atoms with E-state index in [0.29, 0.717) is 17.0 Å². The van der Waals surface area contributed by atoms with E-state index >= 15 is 0 Å². The molecule has 0 saturated heterocycles. The summed E-state index contributed by atoms with van der Waals surface area (Å²) < 4.78 is 14.2. The number of aliphatic hydroxyl groups excluding tert-OH is 1. The summed E-state index contributed by atoms with van der Waals surface area (Å²) in [7, 11) is 0. The maximum atomic E-state index is 12.8. The molecule has 1 aromatic heterocycles. The number of hydrogen-bond donors (Lipinski definition) is 1. The summed E-state index contributed by atoms with van der Waals surface area (Å²) in [5.41, 5.74) is 1.17. The highest BCUT2D eigenvalue weighted by molar-refractivity contribution is 5.39. The van der Waals surface area contributed by atoms with Crippen molar-refractivity contribution in [2.45, 2.75) is 26.5 Å². The Kier molecular flexibility index (Phi) is 3.80. The van der Waals surface area contributed by atoms with Gasteiger partial charge in [-0.1, -0.05) is 12.1 Å². The van der Waals surface area contributed by atoms with Crippen LogP contribution in [0.5, 0.6) is 0 Å². The molecule has 0 amide bonds. The van der Waals surface area contributed by atoms with E-state index in [4.69, 9.17) is 0 Å². The molecule has 20 heavy (non-hydrogen) atoms. The molecule has 0 spiro atoms. The second-order valence-electron chi connectivity index (χ2n) is 4.53. The molecule has 1 unspecified atom stereocenters. The predicted molar refractivity (Wildman–Crippen MR) is 69.7 cm³/mol. The molecule has 0 aliphatic carbocycles. The molecule has 0 bridgehead atoms. The summed E-state index contributed by atoms with van der Waals surface area (Å²) in [5.74, 6) is -0.386. The molecule has 106 valence electrons. The average molecular weight is 279 g/mol. The van der Waals surface area contributed by atoms with Gasteiger partial charge in [0, 0.05) is 0 Å². The lowest BCUT2D eigenvalue weighted by atomic mass is 10.1. The van der Waals surface area contributed by atoms with Crippen molar-refractivity contribution in [1.82, 2.24) is 9.78 Å². The van der Waals surface area contributed by atoms with Gasteiger partial charge in [-0.2, -0.15) is 5.10 Å². The first-order chi connectivity index (χ1) is 9.40. The molecule has 2 aromatic rings.